The average molecular weight is 376 g/mol. The average Bonchev–Trinajstić information content (AvgIpc) is 2.86. The van der Waals surface area contributed by atoms with E-state index in [1.165, 1.54) is 0 Å². The number of methoxy groups -OCH3 is 1. The fourth-order valence-corrected chi connectivity index (χ4v) is 3.12. The molecule has 0 saturated heterocycles. The van der Waals surface area contributed by atoms with Gasteiger partial charge in [0, 0.05) is 25.4 Å². The molecule has 0 aliphatic carbocycles. The summed E-state index contributed by atoms with van der Waals surface area (Å²) >= 11 is 6.27. The largest absolute Gasteiger partial charge is 0.492 e. The Labute approximate surface area is 157 Å². The van der Waals surface area contributed by atoms with Crippen molar-refractivity contribution in [1.29, 1.82) is 0 Å². The first-order valence-electron chi connectivity index (χ1n) is 8.60. The van der Waals surface area contributed by atoms with Crippen molar-refractivity contribution in [2.24, 2.45) is 0 Å². The third-order valence-electron chi connectivity index (χ3n) is 4.20. The zero-order valence-corrected chi connectivity index (χ0v) is 15.4. The van der Waals surface area contributed by atoms with E-state index in [4.69, 9.17) is 21.1 Å². The van der Waals surface area contributed by atoms with E-state index in [1.54, 1.807) is 25.4 Å². The van der Waals surface area contributed by atoms with Crippen LogP contribution in [0.1, 0.15) is 34.8 Å². The van der Waals surface area contributed by atoms with Crippen LogP contribution in [0.4, 0.5) is 5.82 Å². The van der Waals surface area contributed by atoms with Gasteiger partial charge in [-0.15, -0.1) is 0 Å². The third-order valence-corrected chi connectivity index (χ3v) is 4.49. The van der Waals surface area contributed by atoms with Gasteiger partial charge in [-0.25, -0.2) is 4.98 Å². The van der Waals surface area contributed by atoms with E-state index < -0.39 is 0 Å². The zero-order valence-electron chi connectivity index (χ0n) is 14.6. The predicted molar refractivity (Wildman–Crippen MR) is 101 cm³/mol. The number of hydrogen-bond donors (Lipinski definition) is 2. The number of benzene rings is 1. The van der Waals surface area contributed by atoms with Crippen LogP contribution in [0.15, 0.2) is 36.5 Å². The summed E-state index contributed by atoms with van der Waals surface area (Å²) in [6.45, 7) is 1.59. The Morgan fingerprint density at radius 3 is 3.04 bits per heavy atom. The Kier molecular flexibility index (Phi) is 6.30. The van der Waals surface area contributed by atoms with E-state index >= 15 is 0 Å². The van der Waals surface area contributed by atoms with E-state index in [9.17, 15) is 4.79 Å². The molecule has 2 heterocycles. The number of carbonyl (C=O) groups is 1. The number of ether oxygens (including phenoxy) is 2. The molecule has 2 aromatic rings. The van der Waals surface area contributed by atoms with Crippen LogP contribution in [0.3, 0.4) is 0 Å². The summed E-state index contributed by atoms with van der Waals surface area (Å²) in [4.78, 5) is 16.4. The minimum atomic E-state index is -0.166. The lowest BCUT2D eigenvalue weighted by Crippen LogP contribution is -2.27. The summed E-state index contributed by atoms with van der Waals surface area (Å²) in [5.41, 5.74) is 1.54. The second kappa shape index (κ2) is 8.87. The van der Waals surface area contributed by atoms with Gasteiger partial charge in [0.2, 0.25) is 0 Å². The lowest BCUT2D eigenvalue weighted by molar-refractivity contribution is 0.0937. The number of aromatic nitrogens is 1. The fourth-order valence-electron chi connectivity index (χ4n) is 2.88. The predicted octanol–water partition coefficient (Wildman–Crippen LogP) is 3.44. The highest BCUT2D eigenvalue weighted by molar-refractivity contribution is 6.32. The minimum absolute atomic E-state index is 0.0556. The molecule has 2 N–H and O–H groups in total. The second-order valence-corrected chi connectivity index (χ2v) is 6.43. The van der Waals surface area contributed by atoms with Crippen LogP contribution in [0.2, 0.25) is 5.02 Å². The number of nitrogens with zero attached hydrogens (tertiary/aromatic N) is 1. The minimum Gasteiger partial charge on any atom is -0.492 e. The van der Waals surface area contributed by atoms with Gasteiger partial charge >= 0.3 is 0 Å². The normalized spacial score (nSPS) is 16.2. The monoisotopic (exact) mass is 375 g/mol. The fraction of sp³-hybridized carbons (Fsp3) is 0.368. The topological polar surface area (TPSA) is 72.5 Å². The molecule has 0 bridgehead atoms. The maximum absolute atomic E-state index is 12.0. The van der Waals surface area contributed by atoms with Gasteiger partial charge < -0.3 is 20.1 Å². The van der Waals surface area contributed by atoms with Crippen LogP contribution in [-0.2, 0) is 4.74 Å². The number of fused-ring (bicyclic) bond motifs is 1. The van der Waals surface area contributed by atoms with E-state index in [-0.39, 0.29) is 11.9 Å². The molecule has 1 aliphatic rings. The van der Waals surface area contributed by atoms with Crippen molar-refractivity contribution in [2.75, 3.05) is 32.2 Å². The van der Waals surface area contributed by atoms with Crippen LogP contribution >= 0.6 is 11.6 Å². The standard InChI is InChI=1S/C19H22ClN3O3/c1-25-11-9-21-19(24)13-7-8-17(22-12-13)23-16-6-3-10-26-18-14(16)4-2-5-15(18)20/h2,4-5,7-8,12,16H,3,6,9-11H2,1H3,(H,21,24)(H,22,23). The van der Waals surface area contributed by atoms with Gasteiger partial charge in [0.15, 0.2) is 0 Å². The van der Waals surface area contributed by atoms with Crippen molar-refractivity contribution < 1.29 is 14.3 Å². The highest BCUT2D eigenvalue weighted by Crippen LogP contribution is 2.38. The number of hydrogen-bond acceptors (Lipinski definition) is 5. The highest BCUT2D eigenvalue weighted by atomic mass is 35.5. The molecule has 138 valence electrons. The van der Waals surface area contributed by atoms with Crippen LogP contribution in [-0.4, -0.2) is 37.8 Å². The highest BCUT2D eigenvalue weighted by Gasteiger charge is 2.22. The molecule has 0 saturated carbocycles. The summed E-state index contributed by atoms with van der Waals surface area (Å²) in [7, 11) is 1.60. The Hall–Kier alpha value is -2.31. The Morgan fingerprint density at radius 1 is 1.38 bits per heavy atom. The first-order chi connectivity index (χ1) is 12.7. The SMILES string of the molecule is COCCNC(=O)c1ccc(NC2CCCOc3c(Cl)cccc32)nc1. The first kappa shape index (κ1) is 18.5. The molecule has 1 unspecified atom stereocenters. The number of carbonyl (C=O) groups excluding carboxylic acids is 1. The smallest absolute Gasteiger partial charge is 0.252 e. The summed E-state index contributed by atoms with van der Waals surface area (Å²) in [5, 5.41) is 6.81. The second-order valence-electron chi connectivity index (χ2n) is 6.03. The summed E-state index contributed by atoms with van der Waals surface area (Å²) in [5.74, 6) is 1.27. The molecule has 6 nitrogen and oxygen atoms in total. The maximum atomic E-state index is 12.0. The van der Waals surface area contributed by atoms with Crippen LogP contribution in [0, 0.1) is 0 Å². The summed E-state index contributed by atoms with van der Waals surface area (Å²) in [6.07, 6.45) is 3.40. The third kappa shape index (κ3) is 4.45. The van der Waals surface area contributed by atoms with Crippen molar-refractivity contribution in [3.63, 3.8) is 0 Å². The van der Waals surface area contributed by atoms with Gasteiger partial charge in [0.25, 0.3) is 5.91 Å². The molecule has 1 amide bonds. The van der Waals surface area contributed by atoms with Gasteiger partial charge in [0.05, 0.1) is 29.8 Å². The Morgan fingerprint density at radius 2 is 2.27 bits per heavy atom. The molecular weight excluding hydrogens is 354 g/mol. The summed E-state index contributed by atoms with van der Waals surface area (Å²) in [6, 6.07) is 9.38. The van der Waals surface area contributed by atoms with E-state index in [2.05, 4.69) is 15.6 Å². The molecule has 1 aromatic carbocycles. The maximum Gasteiger partial charge on any atom is 0.252 e. The quantitative estimate of drug-likeness (QED) is 0.757. The van der Waals surface area contributed by atoms with Crippen LogP contribution in [0.25, 0.3) is 0 Å². The van der Waals surface area contributed by atoms with Gasteiger partial charge in [0.1, 0.15) is 11.6 Å². The molecule has 1 aliphatic heterocycles. The van der Waals surface area contributed by atoms with Crippen LogP contribution < -0.4 is 15.4 Å². The molecule has 0 radical (unpaired) electrons. The van der Waals surface area contributed by atoms with Crippen molar-refractivity contribution in [3.05, 3.63) is 52.7 Å². The number of anilines is 1. The molecule has 3 rings (SSSR count). The number of halogens is 1. The molecule has 7 heteroatoms. The number of amides is 1. The number of nitrogens with one attached hydrogen (secondary N) is 2. The first-order valence-corrected chi connectivity index (χ1v) is 8.98. The number of para-hydroxylation sites is 1. The summed E-state index contributed by atoms with van der Waals surface area (Å²) < 4.78 is 10.7. The molecular formula is C19H22ClN3O3. The van der Waals surface area contributed by atoms with E-state index in [1.807, 2.05) is 18.2 Å². The van der Waals surface area contributed by atoms with Crippen LogP contribution in [0.5, 0.6) is 5.75 Å². The molecule has 26 heavy (non-hydrogen) atoms. The molecule has 0 spiro atoms. The Balaban J connectivity index is 1.70. The van der Waals surface area contributed by atoms with Gasteiger partial charge in [-0.1, -0.05) is 23.7 Å². The lowest BCUT2D eigenvalue weighted by atomic mass is 10.0. The van der Waals surface area contributed by atoms with Crippen molar-refractivity contribution in [3.8, 4) is 5.75 Å². The van der Waals surface area contributed by atoms with Crippen molar-refractivity contribution >= 4 is 23.3 Å². The lowest BCUT2D eigenvalue weighted by Gasteiger charge is -2.19. The van der Waals surface area contributed by atoms with Gasteiger partial charge in [-0.2, -0.15) is 0 Å². The molecule has 1 atom stereocenters. The van der Waals surface area contributed by atoms with Gasteiger partial charge in [-0.05, 0) is 31.0 Å². The molecule has 1 aromatic heterocycles. The number of rotatable bonds is 6. The van der Waals surface area contributed by atoms with Crippen molar-refractivity contribution in [1.82, 2.24) is 10.3 Å². The van der Waals surface area contributed by atoms with Crippen molar-refractivity contribution in [2.45, 2.75) is 18.9 Å². The molecule has 0 fully saturated rings. The Bertz CT molecular complexity index is 752. The van der Waals surface area contributed by atoms with E-state index in [0.29, 0.717) is 36.2 Å². The van der Waals surface area contributed by atoms with E-state index in [0.717, 1.165) is 24.2 Å². The van der Waals surface area contributed by atoms with Gasteiger partial charge in [-0.3, -0.25) is 4.79 Å². The zero-order chi connectivity index (χ0) is 18.4. The number of pyridine rings is 1.